The van der Waals surface area contributed by atoms with Crippen LogP contribution in [0.2, 0.25) is 0 Å². The summed E-state index contributed by atoms with van der Waals surface area (Å²) in [6.45, 7) is 0.633. The van der Waals surface area contributed by atoms with Crippen LogP contribution >= 0.6 is 0 Å². The van der Waals surface area contributed by atoms with Crippen LogP contribution in [0.1, 0.15) is 36.8 Å². The molecule has 1 aliphatic heterocycles. The van der Waals surface area contributed by atoms with E-state index in [2.05, 4.69) is 28.5 Å². The molecule has 0 radical (unpaired) electrons. The maximum absolute atomic E-state index is 9.07. The van der Waals surface area contributed by atoms with E-state index in [1.807, 2.05) is 0 Å². The van der Waals surface area contributed by atoms with E-state index in [-0.39, 0.29) is 18.8 Å². The molecule has 22 heavy (non-hydrogen) atoms. The number of nitrogens with two attached hydrogens (primary N) is 1. The predicted molar refractivity (Wildman–Crippen MR) is 88.2 cm³/mol. The minimum absolute atomic E-state index is 0.0319. The lowest BCUT2D eigenvalue weighted by Gasteiger charge is -2.20. The van der Waals surface area contributed by atoms with Gasteiger partial charge in [-0.1, -0.05) is 12.1 Å². The molecule has 0 amide bonds. The van der Waals surface area contributed by atoms with E-state index in [9.17, 15) is 0 Å². The minimum atomic E-state index is -0.0319. The Hall–Kier alpha value is -1.59. The second-order valence-electron chi connectivity index (χ2n) is 6.14. The molecular formula is C17H25N3O2. The summed E-state index contributed by atoms with van der Waals surface area (Å²) in [5.74, 6) is 0.440. The zero-order chi connectivity index (χ0) is 15.4. The number of nitrogens with zero attached hydrogens (tertiary/aromatic N) is 1. The van der Waals surface area contributed by atoms with Gasteiger partial charge in [-0.3, -0.25) is 4.99 Å². The van der Waals surface area contributed by atoms with Crippen LogP contribution in [0.4, 0.5) is 5.69 Å². The highest BCUT2D eigenvalue weighted by Gasteiger charge is 2.24. The maximum Gasteiger partial charge on any atom is 0.193 e. The molecule has 120 valence electrons. The summed E-state index contributed by atoms with van der Waals surface area (Å²) in [6, 6.07) is 6.35. The van der Waals surface area contributed by atoms with Crippen LogP contribution in [0.15, 0.2) is 23.2 Å². The molecule has 0 aromatic heterocycles. The number of aliphatic imine (C=N–C) groups is 1. The molecule has 0 saturated carbocycles. The average Bonchev–Trinajstić information content (AvgIpc) is 3.01. The average molecular weight is 303 g/mol. The van der Waals surface area contributed by atoms with Crippen molar-refractivity contribution in [2.24, 2.45) is 10.7 Å². The topological polar surface area (TPSA) is 79.9 Å². The summed E-state index contributed by atoms with van der Waals surface area (Å²) in [5.41, 5.74) is 9.90. The van der Waals surface area contributed by atoms with E-state index in [4.69, 9.17) is 15.6 Å². The number of aliphatic hydroxyl groups is 1. The first-order valence-corrected chi connectivity index (χ1v) is 8.20. The Bertz CT molecular complexity index is 545. The van der Waals surface area contributed by atoms with Gasteiger partial charge in [0.25, 0.3) is 0 Å². The Morgan fingerprint density at radius 2 is 2.09 bits per heavy atom. The number of nitrogens with one attached hydrogen (secondary N) is 1. The lowest BCUT2D eigenvalue weighted by molar-refractivity contribution is 0.0160. The van der Waals surface area contributed by atoms with Crippen molar-refractivity contribution >= 4 is 11.6 Å². The summed E-state index contributed by atoms with van der Waals surface area (Å²) in [4.78, 5) is 4.40. The maximum atomic E-state index is 9.07. The largest absolute Gasteiger partial charge is 0.394 e. The van der Waals surface area contributed by atoms with Crippen LogP contribution in [-0.2, 0) is 17.6 Å². The first-order valence-electron chi connectivity index (χ1n) is 8.20. The summed E-state index contributed by atoms with van der Waals surface area (Å²) in [5, 5.41) is 12.3. The number of fused-ring (bicyclic) bond motifs is 1. The van der Waals surface area contributed by atoms with Crippen molar-refractivity contribution in [3.63, 3.8) is 0 Å². The number of rotatable bonds is 4. The molecule has 1 fully saturated rings. The van der Waals surface area contributed by atoms with Crippen molar-refractivity contribution < 1.29 is 9.84 Å². The Morgan fingerprint density at radius 1 is 1.27 bits per heavy atom. The van der Waals surface area contributed by atoms with Crippen LogP contribution in [0.5, 0.6) is 0 Å². The number of aliphatic hydroxyl groups excluding tert-OH is 1. The van der Waals surface area contributed by atoms with Gasteiger partial charge in [0.05, 0.1) is 25.4 Å². The van der Waals surface area contributed by atoms with Crippen molar-refractivity contribution in [2.75, 3.05) is 18.5 Å². The molecule has 1 saturated heterocycles. The Kier molecular flexibility index (Phi) is 4.95. The highest BCUT2D eigenvalue weighted by Crippen LogP contribution is 2.27. The SMILES string of the molecule is NC(=NC[C@H]1CC[C@@H](CO)O1)Nc1cccc2c1CCCC2. The van der Waals surface area contributed by atoms with Gasteiger partial charge in [-0.15, -0.1) is 0 Å². The summed E-state index contributed by atoms with van der Waals surface area (Å²) in [7, 11) is 0. The molecule has 3 rings (SSSR count). The summed E-state index contributed by atoms with van der Waals surface area (Å²) in [6.07, 6.45) is 6.64. The molecular weight excluding hydrogens is 278 g/mol. The van der Waals surface area contributed by atoms with Crippen LogP contribution in [-0.4, -0.2) is 36.4 Å². The van der Waals surface area contributed by atoms with Crippen molar-refractivity contribution in [2.45, 2.75) is 50.7 Å². The van der Waals surface area contributed by atoms with E-state index < -0.39 is 0 Å². The number of benzene rings is 1. The first kappa shape index (κ1) is 15.3. The molecule has 0 bridgehead atoms. The number of hydrogen-bond acceptors (Lipinski definition) is 3. The Balaban J connectivity index is 1.60. The van der Waals surface area contributed by atoms with Gasteiger partial charge < -0.3 is 20.9 Å². The van der Waals surface area contributed by atoms with E-state index in [0.29, 0.717) is 12.5 Å². The molecule has 1 aliphatic carbocycles. The van der Waals surface area contributed by atoms with Crippen molar-refractivity contribution in [3.8, 4) is 0 Å². The monoisotopic (exact) mass is 303 g/mol. The van der Waals surface area contributed by atoms with Gasteiger partial charge in [-0.25, -0.2) is 0 Å². The lowest BCUT2D eigenvalue weighted by Crippen LogP contribution is -2.26. The molecule has 2 aliphatic rings. The quantitative estimate of drug-likeness (QED) is 0.585. The predicted octanol–water partition coefficient (Wildman–Crippen LogP) is 1.83. The van der Waals surface area contributed by atoms with E-state index in [0.717, 1.165) is 31.4 Å². The smallest absolute Gasteiger partial charge is 0.193 e. The van der Waals surface area contributed by atoms with Crippen LogP contribution in [0, 0.1) is 0 Å². The zero-order valence-corrected chi connectivity index (χ0v) is 12.9. The minimum Gasteiger partial charge on any atom is -0.394 e. The number of aryl methyl sites for hydroxylation is 1. The molecule has 0 spiro atoms. The van der Waals surface area contributed by atoms with Gasteiger partial charge in [0.2, 0.25) is 0 Å². The van der Waals surface area contributed by atoms with Gasteiger partial charge in [0.1, 0.15) is 0 Å². The van der Waals surface area contributed by atoms with E-state index >= 15 is 0 Å². The summed E-state index contributed by atoms with van der Waals surface area (Å²) >= 11 is 0. The fourth-order valence-corrected chi connectivity index (χ4v) is 3.32. The first-order chi connectivity index (χ1) is 10.8. The third-order valence-electron chi connectivity index (χ3n) is 4.52. The Morgan fingerprint density at radius 3 is 2.91 bits per heavy atom. The number of guanidine groups is 1. The van der Waals surface area contributed by atoms with Gasteiger partial charge >= 0.3 is 0 Å². The summed E-state index contributed by atoms with van der Waals surface area (Å²) < 4.78 is 5.66. The molecule has 5 nitrogen and oxygen atoms in total. The number of ether oxygens (including phenoxy) is 1. The lowest BCUT2D eigenvalue weighted by atomic mass is 9.90. The van der Waals surface area contributed by atoms with Crippen molar-refractivity contribution in [3.05, 3.63) is 29.3 Å². The second kappa shape index (κ2) is 7.11. The molecule has 1 heterocycles. The molecule has 4 N–H and O–H groups in total. The fourth-order valence-electron chi connectivity index (χ4n) is 3.32. The third kappa shape index (κ3) is 3.59. The van der Waals surface area contributed by atoms with Crippen molar-refractivity contribution in [1.82, 2.24) is 0 Å². The standard InChI is InChI=1S/C17H25N3O2/c18-17(19-10-13-8-9-14(11-21)22-13)20-16-7-3-5-12-4-1-2-6-15(12)16/h3,5,7,13-14,21H,1-2,4,6,8-11H2,(H3,18,19,20)/t13-,14+/m1/s1. The molecule has 2 atom stereocenters. The van der Waals surface area contributed by atoms with E-state index in [1.54, 1.807) is 0 Å². The number of hydrogen-bond donors (Lipinski definition) is 3. The van der Waals surface area contributed by atoms with Gasteiger partial charge in [0, 0.05) is 5.69 Å². The van der Waals surface area contributed by atoms with Gasteiger partial charge in [0.15, 0.2) is 5.96 Å². The second-order valence-corrected chi connectivity index (χ2v) is 6.14. The fraction of sp³-hybridized carbons (Fsp3) is 0.588. The molecule has 5 heteroatoms. The zero-order valence-electron chi connectivity index (χ0n) is 12.9. The highest BCUT2D eigenvalue weighted by molar-refractivity contribution is 5.93. The molecule has 1 aromatic carbocycles. The van der Waals surface area contributed by atoms with E-state index in [1.165, 1.54) is 24.0 Å². The van der Waals surface area contributed by atoms with Crippen LogP contribution in [0.3, 0.4) is 0 Å². The van der Waals surface area contributed by atoms with Crippen LogP contribution < -0.4 is 11.1 Å². The van der Waals surface area contributed by atoms with Gasteiger partial charge in [-0.2, -0.15) is 0 Å². The van der Waals surface area contributed by atoms with Gasteiger partial charge in [-0.05, 0) is 55.7 Å². The number of anilines is 1. The Labute approximate surface area is 131 Å². The van der Waals surface area contributed by atoms with Crippen LogP contribution in [0.25, 0.3) is 0 Å². The highest BCUT2D eigenvalue weighted by atomic mass is 16.5. The normalized spacial score (nSPS) is 25.0. The van der Waals surface area contributed by atoms with Crippen molar-refractivity contribution in [1.29, 1.82) is 0 Å². The molecule has 0 unspecified atom stereocenters. The third-order valence-corrected chi connectivity index (χ3v) is 4.52. The molecule has 1 aromatic rings.